The summed E-state index contributed by atoms with van der Waals surface area (Å²) >= 11 is 3.51. The molecule has 1 unspecified atom stereocenters. The molecule has 1 fully saturated rings. The predicted octanol–water partition coefficient (Wildman–Crippen LogP) is 2.29. The van der Waals surface area contributed by atoms with Gasteiger partial charge in [0, 0.05) is 23.5 Å². The van der Waals surface area contributed by atoms with E-state index in [1.165, 1.54) is 0 Å². The van der Waals surface area contributed by atoms with Crippen molar-refractivity contribution in [3.63, 3.8) is 0 Å². The van der Waals surface area contributed by atoms with Crippen LogP contribution >= 0.6 is 15.9 Å². The molecule has 2 N–H and O–H groups in total. The molecule has 1 atom stereocenters. The van der Waals surface area contributed by atoms with Crippen LogP contribution in [0.4, 0.5) is 0 Å². The molecule has 1 aliphatic rings. The zero-order valence-corrected chi connectivity index (χ0v) is 12.3. The van der Waals surface area contributed by atoms with E-state index < -0.39 is 6.04 Å². The molecular formula is C15H17BrN2O. The van der Waals surface area contributed by atoms with E-state index in [9.17, 15) is 4.79 Å². The minimum Gasteiger partial charge on any atom is -0.334 e. The lowest BCUT2D eigenvalue weighted by atomic mass is 10.1. The fraction of sp³-hybridized carbons (Fsp3) is 0.400. The number of carbonyl (C=O) groups is 1. The molecule has 0 saturated heterocycles. The fourth-order valence-corrected chi connectivity index (χ4v) is 2.42. The highest BCUT2D eigenvalue weighted by atomic mass is 79.9. The quantitative estimate of drug-likeness (QED) is 0.846. The van der Waals surface area contributed by atoms with E-state index in [1.54, 1.807) is 0 Å². The summed E-state index contributed by atoms with van der Waals surface area (Å²) in [5.74, 6) is 2.41. The van der Waals surface area contributed by atoms with Crippen LogP contribution < -0.4 is 5.73 Å². The van der Waals surface area contributed by atoms with Crippen LogP contribution in [0.2, 0.25) is 0 Å². The average molecular weight is 321 g/mol. The molecule has 3 nitrogen and oxygen atoms in total. The Morgan fingerprint density at radius 1 is 1.53 bits per heavy atom. The summed E-state index contributed by atoms with van der Waals surface area (Å²) < 4.78 is 1.01. The Balaban J connectivity index is 2.11. The van der Waals surface area contributed by atoms with E-state index in [1.807, 2.05) is 29.2 Å². The zero-order valence-electron chi connectivity index (χ0n) is 10.7. The first kappa shape index (κ1) is 14.1. The van der Waals surface area contributed by atoms with Gasteiger partial charge in [-0.1, -0.05) is 34.1 Å². The third-order valence-electron chi connectivity index (χ3n) is 3.22. The van der Waals surface area contributed by atoms with Crippen molar-refractivity contribution in [1.82, 2.24) is 4.90 Å². The molecule has 1 aliphatic carbocycles. The summed E-state index contributed by atoms with van der Waals surface area (Å²) in [4.78, 5) is 14.2. The number of rotatable bonds is 5. The van der Waals surface area contributed by atoms with Gasteiger partial charge in [0.2, 0.25) is 5.91 Å². The monoisotopic (exact) mass is 320 g/mol. The van der Waals surface area contributed by atoms with Gasteiger partial charge in [-0.25, -0.2) is 0 Å². The van der Waals surface area contributed by atoms with Gasteiger partial charge in [0.15, 0.2) is 0 Å². The highest BCUT2D eigenvalue weighted by molar-refractivity contribution is 9.10. The Morgan fingerprint density at radius 3 is 2.79 bits per heavy atom. The van der Waals surface area contributed by atoms with E-state index in [0.717, 1.165) is 22.9 Å². The van der Waals surface area contributed by atoms with Crippen LogP contribution in [0.15, 0.2) is 28.7 Å². The topological polar surface area (TPSA) is 46.3 Å². The van der Waals surface area contributed by atoms with Crippen molar-refractivity contribution < 1.29 is 4.79 Å². The molecule has 0 spiro atoms. The lowest BCUT2D eigenvalue weighted by Crippen LogP contribution is -2.44. The van der Waals surface area contributed by atoms with Gasteiger partial charge < -0.3 is 10.6 Å². The highest BCUT2D eigenvalue weighted by Gasteiger charge is 2.34. The van der Waals surface area contributed by atoms with E-state index in [4.69, 9.17) is 12.2 Å². The largest absolute Gasteiger partial charge is 0.334 e. The Labute approximate surface area is 122 Å². The number of nitrogens with zero attached hydrogens (tertiary/aromatic N) is 1. The van der Waals surface area contributed by atoms with Crippen LogP contribution in [-0.4, -0.2) is 22.9 Å². The summed E-state index contributed by atoms with van der Waals surface area (Å²) in [6.45, 7) is 0.587. The predicted molar refractivity (Wildman–Crippen MR) is 79.1 cm³/mol. The molecule has 2 rings (SSSR count). The van der Waals surface area contributed by atoms with Gasteiger partial charge in [-0.3, -0.25) is 4.79 Å². The minimum atomic E-state index is -0.590. The fourth-order valence-electron chi connectivity index (χ4n) is 2.01. The van der Waals surface area contributed by atoms with E-state index in [0.29, 0.717) is 12.6 Å². The number of halogens is 1. The van der Waals surface area contributed by atoms with Gasteiger partial charge >= 0.3 is 0 Å². The molecule has 1 amide bonds. The van der Waals surface area contributed by atoms with Crippen molar-refractivity contribution in [3.8, 4) is 12.3 Å². The Kier molecular flexibility index (Phi) is 4.62. The van der Waals surface area contributed by atoms with E-state index >= 15 is 0 Å². The summed E-state index contributed by atoms with van der Waals surface area (Å²) in [5.41, 5.74) is 6.93. The van der Waals surface area contributed by atoms with E-state index in [2.05, 4.69) is 21.9 Å². The van der Waals surface area contributed by atoms with Gasteiger partial charge in [-0.15, -0.1) is 12.3 Å². The molecule has 0 bridgehead atoms. The summed E-state index contributed by atoms with van der Waals surface area (Å²) in [7, 11) is 0. The van der Waals surface area contributed by atoms with Crippen molar-refractivity contribution in [3.05, 3.63) is 34.3 Å². The Morgan fingerprint density at radius 2 is 2.21 bits per heavy atom. The van der Waals surface area contributed by atoms with Gasteiger partial charge in [0.25, 0.3) is 0 Å². The molecule has 1 saturated carbocycles. The Bertz CT molecular complexity index is 505. The summed E-state index contributed by atoms with van der Waals surface area (Å²) in [5, 5.41) is 0. The average Bonchev–Trinajstić information content (AvgIpc) is 3.21. The number of nitrogens with two attached hydrogens (primary N) is 1. The molecule has 0 heterocycles. The maximum atomic E-state index is 12.3. The molecule has 0 aromatic heterocycles. The first-order valence-electron chi connectivity index (χ1n) is 6.36. The number of hydrogen-bond acceptors (Lipinski definition) is 2. The van der Waals surface area contributed by atoms with Crippen LogP contribution in [0.25, 0.3) is 0 Å². The first-order valence-corrected chi connectivity index (χ1v) is 7.15. The second-order valence-corrected chi connectivity index (χ2v) is 5.66. The van der Waals surface area contributed by atoms with Gasteiger partial charge in [-0.2, -0.15) is 0 Å². The van der Waals surface area contributed by atoms with Gasteiger partial charge in [0.1, 0.15) is 0 Å². The second-order valence-electron chi connectivity index (χ2n) is 4.80. The molecule has 19 heavy (non-hydrogen) atoms. The van der Waals surface area contributed by atoms with Crippen molar-refractivity contribution in [1.29, 1.82) is 0 Å². The van der Waals surface area contributed by atoms with Crippen LogP contribution in [0.3, 0.4) is 0 Å². The number of hydrogen-bond donors (Lipinski definition) is 1. The second kappa shape index (κ2) is 6.23. The first-order chi connectivity index (χ1) is 9.13. The molecular weight excluding hydrogens is 304 g/mol. The van der Waals surface area contributed by atoms with Gasteiger partial charge in [0.05, 0.1) is 6.04 Å². The standard InChI is InChI=1S/C15H17BrN2O/c1-2-5-14(17)15(19)18(12-8-9-12)10-11-6-3-4-7-13(11)16/h1,3-4,6-7,12,14H,5,8-10,17H2. The molecule has 100 valence electrons. The molecule has 0 radical (unpaired) electrons. The van der Waals surface area contributed by atoms with Crippen LogP contribution in [0.1, 0.15) is 24.8 Å². The highest BCUT2D eigenvalue weighted by Crippen LogP contribution is 2.30. The number of carbonyl (C=O) groups excluding carboxylic acids is 1. The molecule has 1 aromatic rings. The molecule has 4 heteroatoms. The lowest BCUT2D eigenvalue weighted by Gasteiger charge is -2.25. The third kappa shape index (κ3) is 3.59. The number of amides is 1. The van der Waals surface area contributed by atoms with Gasteiger partial charge in [-0.05, 0) is 24.5 Å². The maximum absolute atomic E-state index is 12.3. The number of benzene rings is 1. The SMILES string of the molecule is C#CCC(N)C(=O)N(Cc1ccccc1Br)C1CC1. The summed E-state index contributed by atoms with van der Waals surface area (Å²) in [6, 6.07) is 7.65. The molecule has 1 aromatic carbocycles. The van der Waals surface area contributed by atoms with Crippen LogP contribution in [-0.2, 0) is 11.3 Å². The van der Waals surface area contributed by atoms with Crippen molar-refractivity contribution >= 4 is 21.8 Å². The zero-order chi connectivity index (χ0) is 13.8. The smallest absolute Gasteiger partial charge is 0.241 e. The van der Waals surface area contributed by atoms with Crippen LogP contribution in [0.5, 0.6) is 0 Å². The van der Waals surface area contributed by atoms with Crippen molar-refractivity contribution in [2.24, 2.45) is 5.73 Å². The lowest BCUT2D eigenvalue weighted by molar-refractivity contribution is -0.133. The normalized spacial score (nSPS) is 15.6. The van der Waals surface area contributed by atoms with Crippen molar-refractivity contribution in [2.75, 3.05) is 0 Å². The number of terminal acetylenes is 1. The third-order valence-corrected chi connectivity index (χ3v) is 4.00. The van der Waals surface area contributed by atoms with Crippen molar-refractivity contribution in [2.45, 2.75) is 37.9 Å². The van der Waals surface area contributed by atoms with Crippen LogP contribution in [0, 0.1) is 12.3 Å². The molecule has 0 aliphatic heterocycles. The minimum absolute atomic E-state index is 0.0452. The summed E-state index contributed by atoms with van der Waals surface area (Å²) in [6.07, 6.45) is 7.63. The van der Waals surface area contributed by atoms with E-state index in [-0.39, 0.29) is 12.3 Å². The Hall–Kier alpha value is -1.31. The maximum Gasteiger partial charge on any atom is 0.241 e.